The number of ether oxygens (including phenoxy) is 1. The molecule has 0 saturated carbocycles. The number of aromatic nitrogens is 4. The molecule has 0 aliphatic heterocycles. The summed E-state index contributed by atoms with van der Waals surface area (Å²) in [4.78, 5) is 8.88. The molecular formula is C18H12F3N5OS3. The van der Waals surface area contributed by atoms with Gasteiger partial charge < -0.3 is 10.1 Å². The predicted molar refractivity (Wildman–Crippen MR) is 111 cm³/mol. The predicted octanol–water partition coefficient (Wildman–Crippen LogP) is 5.99. The van der Waals surface area contributed by atoms with Crippen LogP contribution in [0.5, 0.6) is 5.75 Å². The van der Waals surface area contributed by atoms with Gasteiger partial charge in [0.1, 0.15) is 10.8 Å². The Hall–Kier alpha value is -2.70. The van der Waals surface area contributed by atoms with Gasteiger partial charge >= 0.3 is 6.36 Å². The lowest BCUT2D eigenvalue weighted by Crippen LogP contribution is -2.16. The molecule has 3 aromatic heterocycles. The highest BCUT2D eigenvalue weighted by molar-refractivity contribution is 8.00. The number of anilines is 2. The van der Waals surface area contributed by atoms with E-state index in [2.05, 4.69) is 30.2 Å². The molecule has 0 aliphatic carbocycles. The molecule has 0 spiro atoms. The van der Waals surface area contributed by atoms with E-state index in [-0.39, 0.29) is 5.75 Å². The minimum Gasteiger partial charge on any atom is -0.406 e. The molecule has 0 unspecified atom stereocenters. The maximum atomic E-state index is 12.2. The molecule has 154 valence electrons. The lowest BCUT2D eigenvalue weighted by Gasteiger charge is -2.09. The van der Waals surface area contributed by atoms with Crippen LogP contribution < -0.4 is 10.1 Å². The molecule has 0 atom stereocenters. The zero-order valence-electron chi connectivity index (χ0n) is 15.0. The van der Waals surface area contributed by atoms with Gasteiger partial charge in [0.05, 0.1) is 11.4 Å². The fourth-order valence-electron chi connectivity index (χ4n) is 2.30. The Morgan fingerprint density at radius 2 is 1.90 bits per heavy atom. The van der Waals surface area contributed by atoms with Gasteiger partial charge in [-0.1, -0.05) is 29.2 Å². The van der Waals surface area contributed by atoms with Gasteiger partial charge in [0.15, 0.2) is 4.34 Å². The molecule has 30 heavy (non-hydrogen) atoms. The Morgan fingerprint density at radius 3 is 2.63 bits per heavy atom. The van der Waals surface area contributed by atoms with Crippen molar-refractivity contribution >= 4 is 45.3 Å². The SMILES string of the molecule is FC(F)(F)Oc1ccc(Nc2nnc(SCc3csc(-c4ccccn4)n3)s2)cc1. The first-order valence-corrected chi connectivity index (χ1v) is 11.1. The lowest BCUT2D eigenvalue weighted by atomic mass is 10.3. The summed E-state index contributed by atoms with van der Waals surface area (Å²) >= 11 is 4.39. The van der Waals surface area contributed by atoms with Crippen LogP contribution in [0.3, 0.4) is 0 Å². The van der Waals surface area contributed by atoms with Crippen LogP contribution >= 0.6 is 34.4 Å². The Morgan fingerprint density at radius 1 is 1.07 bits per heavy atom. The van der Waals surface area contributed by atoms with E-state index in [9.17, 15) is 13.2 Å². The van der Waals surface area contributed by atoms with Crippen molar-refractivity contribution in [1.29, 1.82) is 0 Å². The van der Waals surface area contributed by atoms with Crippen molar-refractivity contribution < 1.29 is 17.9 Å². The third-order valence-electron chi connectivity index (χ3n) is 3.52. The number of rotatable bonds is 7. The second-order valence-electron chi connectivity index (χ2n) is 5.72. The van der Waals surface area contributed by atoms with E-state index >= 15 is 0 Å². The van der Waals surface area contributed by atoms with Crippen molar-refractivity contribution in [2.45, 2.75) is 16.5 Å². The third kappa shape index (κ3) is 5.68. The van der Waals surface area contributed by atoms with Gasteiger partial charge in [-0.3, -0.25) is 4.98 Å². The second kappa shape index (κ2) is 8.98. The molecule has 0 aliphatic rings. The van der Waals surface area contributed by atoms with Gasteiger partial charge in [-0.25, -0.2) is 4.98 Å². The highest BCUT2D eigenvalue weighted by atomic mass is 32.2. The van der Waals surface area contributed by atoms with Crippen LogP contribution in [0.15, 0.2) is 58.4 Å². The number of thioether (sulfide) groups is 1. The lowest BCUT2D eigenvalue weighted by molar-refractivity contribution is -0.274. The van der Waals surface area contributed by atoms with Gasteiger partial charge in [-0.05, 0) is 36.4 Å². The van der Waals surface area contributed by atoms with Gasteiger partial charge in [-0.15, -0.1) is 34.7 Å². The van der Waals surface area contributed by atoms with E-state index in [1.54, 1.807) is 6.20 Å². The number of nitrogens with one attached hydrogen (secondary N) is 1. The fourth-order valence-corrected chi connectivity index (χ4v) is 4.86. The minimum atomic E-state index is -4.71. The highest BCUT2D eigenvalue weighted by Crippen LogP contribution is 2.32. The van der Waals surface area contributed by atoms with Crippen molar-refractivity contribution in [1.82, 2.24) is 20.2 Å². The number of benzene rings is 1. The zero-order chi connectivity index (χ0) is 21.0. The van der Waals surface area contributed by atoms with Crippen LogP contribution in [0.4, 0.5) is 24.0 Å². The summed E-state index contributed by atoms with van der Waals surface area (Å²) in [7, 11) is 0. The monoisotopic (exact) mass is 467 g/mol. The Labute approximate surface area is 181 Å². The highest BCUT2D eigenvalue weighted by Gasteiger charge is 2.30. The van der Waals surface area contributed by atoms with Crippen molar-refractivity contribution in [3.8, 4) is 16.5 Å². The number of hydrogen-bond donors (Lipinski definition) is 1. The van der Waals surface area contributed by atoms with E-state index in [0.29, 0.717) is 16.6 Å². The molecule has 0 fully saturated rings. The first-order valence-electron chi connectivity index (χ1n) is 8.39. The van der Waals surface area contributed by atoms with Gasteiger partial charge in [0.2, 0.25) is 5.13 Å². The number of alkyl halides is 3. The van der Waals surface area contributed by atoms with E-state index in [1.807, 2.05) is 23.6 Å². The molecule has 4 rings (SSSR count). The van der Waals surface area contributed by atoms with Crippen LogP contribution in [-0.2, 0) is 5.75 Å². The molecule has 1 aromatic carbocycles. The summed E-state index contributed by atoms with van der Waals surface area (Å²) in [6.45, 7) is 0. The zero-order valence-corrected chi connectivity index (χ0v) is 17.4. The smallest absolute Gasteiger partial charge is 0.406 e. The summed E-state index contributed by atoms with van der Waals surface area (Å²) in [5.41, 5.74) is 2.35. The summed E-state index contributed by atoms with van der Waals surface area (Å²) in [5.74, 6) is 0.358. The van der Waals surface area contributed by atoms with Crippen molar-refractivity contribution in [2.24, 2.45) is 0 Å². The largest absolute Gasteiger partial charge is 0.573 e. The summed E-state index contributed by atoms with van der Waals surface area (Å²) in [6, 6.07) is 11.1. The second-order valence-corrected chi connectivity index (χ2v) is 8.78. The molecule has 0 radical (unpaired) electrons. The minimum absolute atomic E-state index is 0.283. The number of hydrogen-bond acceptors (Lipinski definition) is 9. The average Bonchev–Trinajstić information content (AvgIpc) is 3.37. The molecule has 3 heterocycles. The van der Waals surface area contributed by atoms with Gasteiger partial charge in [-0.2, -0.15) is 0 Å². The van der Waals surface area contributed by atoms with Gasteiger partial charge in [0.25, 0.3) is 0 Å². The summed E-state index contributed by atoms with van der Waals surface area (Å²) in [6.07, 6.45) is -2.98. The Balaban J connectivity index is 1.32. The van der Waals surface area contributed by atoms with Crippen molar-refractivity contribution in [3.63, 3.8) is 0 Å². The molecule has 0 saturated heterocycles. The first-order chi connectivity index (χ1) is 14.4. The van der Waals surface area contributed by atoms with Crippen molar-refractivity contribution in [2.75, 3.05) is 5.32 Å². The molecule has 12 heteroatoms. The fraction of sp³-hybridized carbons (Fsp3) is 0.111. The molecule has 1 N–H and O–H groups in total. The molecule has 4 aromatic rings. The molecule has 0 bridgehead atoms. The van der Waals surface area contributed by atoms with Crippen LogP contribution in [0, 0.1) is 0 Å². The van der Waals surface area contributed by atoms with Crippen LogP contribution in [0.1, 0.15) is 5.69 Å². The normalized spacial score (nSPS) is 11.4. The molecule has 6 nitrogen and oxygen atoms in total. The van der Waals surface area contributed by atoms with Crippen molar-refractivity contribution in [3.05, 3.63) is 59.7 Å². The van der Waals surface area contributed by atoms with Gasteiger partial charge in [0, 0.05) is 23.0 Å². The standard InChI is InChI=1S/C18H12F3N5OS3/c19-18(20,21)27-13-6-4-11(5-7-13)24-16-25-26-17(30-16)29-10-12-9-28-15(23-12)14-3-1-2-8-22-14/h1-9H,10H2,(H,24,25). The number of nitrogens with zero attached hydrogens (tertiary/aromatic N) is 4. The maximum Gasteiger partial charge on any atom is 0.573 e. The van der Waals surface area contributed by atoms with E-state index < -0.39 is 6.36 Å². The first kappa shape index (κ1) is 20.6. The number of pyridine rings is 1. The topological polar surface area (TPSA) is 72.8 Å². The van der Waals surface area contributed by atoms with Crippen LogP contribution in [-0.4, -0.2) is 26.5 Å². The Bertz CT molecular complexity index is 1100. The summed E-state index contributed by atoms with van der Waals surface area (Å²) in [5, 5.41) is 14.6. The molecular weight excluding hydrogens is 455 g/mol. The Kier molecular flexibility index (Phi) is 6.16. The molecule has 0 amide bonds. The quantitative estimate of drug-likeness (QED) is 0.335. The summed E-state index contributed by atoms with van der Waals surface area (Å²) < 4.78 is 41.2. The van der Waals surface area contributed by atoms with Crippen LogP contribution in [0.25, 0.3) is 10.7 Å². The van der Waals surface area contributed by atoms with E-state index in [1.165, 1.54) is 58.7 Å². The maximum absolute atomic E-state index is 12.2. The van der Waals surface area contributed by atoms with Crippen LogP contribution in [0.2, 0.25) is 0 Å². The van der Waals surface area contributed by atoms with E-state index in [4.69, 9.17) is 0 Å². The third-order valence-corrected chi connectivity index (χ3v) is 6.44. The number of thiazole rings is 1. The average molecular weight is 468 g/mol. The van der Waals surface area contributed by atoms with E-state index in [0.717, 1.165) is 20.7 Å². The number of halogens is 3.